The largest absolute Gasteiger partial charge is 0.382 e. The summed E-state index contributed by atoms with van der Waals surface area (Å²) >= 11 is 5.78. The van der Waals surface area contributed by atoms with Gasteiger partial charge in [0.2, 0.25) is 5.91 Å². The van der Waals surface area contributed by atoms with Crippen molar-refractivity contribution < 1.29 is 9.90 Å². The van der Waals surface area contributed by atoms with E-state index in [2.05, 4.69) is 0 Å². The summed E-state index contributed by atoms with van der Waals surface area (Å²) in [5, 5.41) is 9.88. The molecular weight excluding hydrogens is 216 g/mol. The van der Waals surface area contributed by atoms with Gasteiger partial charge in [0.1, 0.15) is 6.10 Å². The highest BCUT2D eigenvalue weighted by atomic mass is 35.5. The number of nitrogens with two attached hydrogens (primary N) is 2. The molecule has 0 aromatic heterocycles. The zero-order valence-electron chi connectivity index (χ0n) is 8.06. The van der Waals surface area contributed by atoms with Crippen LogP contribution in [-0.2, 0) is 11.2 Å². The van der Waals surface area contributed by atoms with Crippen molar-refractivity contribution in [1.82, 2.24) is 0 Å². The summed E-state index contributed by atoms with van der Waals surface area (Å²) < 4.78 is 0. The number of hydrogen-bond acceptors (Lipinski definition) is 3. The van der Waals surface area contributed by atoms with Gasteiger partial charge in [-0.15, -0.1) is 0 Å². The Bertz CT molecular complexity index is 357. The van der Waals surface area contributed by atoms with Gasteiger partial charge < -0.3 is 16.6 Å². The third kappa shape index (κ3) is 3.51. The average molecular weight is 229 g/mol. The van der Waals surface area contributed by atoms with Crippen molar-refractivity contribution in [2.45, 2.75) is 18.6 Å². The van der Waals surface area contributed by atoms with E-state index >= 15 is 0 Å². The Labute approximate surface area is 92.8 Å². The lowest BCUT2D eigenvalue weighted by Gasteiger charge is -2.15. The van der Waals surface area contributed by atoms with E-state index in [1.807, 2.05) is 6.07 Å². The molecular formula is C10H13ClN2O2. The van der Waals surface area contributed by atoms with Crippen LogP contribution in [0.2, 0.25) is 5.02 Å². The van der Waals surface area contributed by atoms with E-state index in [4.69, 9.17) is 23.1 Å². The van der Waals surface area contributed by atoms with Crippen molar-refractivity contribution >= 4 is 17.5 Å². The van der Waals surface area contributed by atoms with Crippen molar-refractivity contribution in [3.8, 4) is 0 Å². The average Bonchev–Trinajstić information content (AvgIpc) is 2.16. The van der Waals surface area contributed by atoms with Crippen LogP contribution in [0.15, 0.2) is 24.3 Å². The third-order valence-electron chi connectivity index (χ3n) is 2.06. The van der Waals surface area contributed by atoms with Crippen LogP contribution in [0.3, 0.4) is 0 Å². The van der Waals surface area contributed by atoms with Crippen molar-refractivity contribution in [3.05, 3.63) is 34.9 Å². The van der Waals surface area contributed by atoms with Gasteiger partial charge in [-0.2, -0.15) is 0 Å². The molecule has 82 valence electrons. The molecule has 1 rings (SSSR count). The molecule has 4 nitrogen and oxygen atoms in total. The first-order valence-corrected chi connectivity index (χ1v) is 4.86. The SMILES string of the molecule is NC(=O)C(O)C(N)Cc1cccc(Cl)c1. The predicted molar refractivity (Wildman–Crippen MR) is 58.3 cm³/mol. The zero-order valence-corrected chi connectivity index (χ0v) is 8.82. The van der Waals surface area contributed by atoms with E-state index in [1.54, 1.807) is 18.2 Å². The molecule has 2 unspecified atom stereocenters. The molecule has 0 heterocycles. The number of rotatable bonds is 4. The Hall–Kier alpha value is -1.10. The molecule has 0 aliphatic rings. The summed E-state index contributed by atoms with van der Waals surface area (Å²) in [6.45, 7) is 0. The van der Waals surface area contributed by atoms with Crippen molar-refractivity contribution in [1.29, 1.82) is 0 Å². The molecule has 0 bridgehead atoms. The Morgan fingerprint density at radius 1 is 1.53 bits per heavy atom. The standard InChI is InChI=1S/C10H13ClN2O2/c11-7-3-1-2-6(4-7)5-8(12)9(14)10(13)15/h1-4,8-9,14H,5,12H2,(H2,13,15). The van der Waals surface area contributed by atoms with Gasteiger partial charge in [-0.3, -0.25) is 4.79 Å². The minimum Gasteiger partial charge on any atom is -0.382 e. The van der Waals surface area contributed by atoms with Crippen LogP contribution in [-0.4, -0.2) is 23.2 Å². The number of halogens is 1. The summed E-state index contributed by atoms with van der Waals surface area (Å²) in [6, 6.07) is 6.36. The summed E-state index contributed by atoms with van der Waals surface area (Å²) in [7, 11) is 0. The second kappa shape index (κ2) is 5.11. The van der Waals surface area contributed by atoms with Crippen molar-refractivity contribution in [2.24, 2.45) is 11.5 Å². The monoisotopic (exact) mass is 228 g/mol. The van der Waals surface area contributed by atoms with E-state index in [0.29, 0.717) is 11.4 Å². The first-order valence-electron chi connectivity index (χ1n) is 4.48. The molecule has 0 spiro atoms. The number of primary amides is 1. The molecule has 5 heteroatoms. The summed E-state index contributed by atoms with van der Waals surface area (Å²) in [4.78, 5) is 10.7. The molecule has 0 radical (unpaired) electrons. The highest BCUT2D eigenvalue weighted by Gasteiger charge is 2.20. The fourth-order valence-corrected chi connectivity index (χ4v) is 1.47. The maximum absolute atomic E-state index is 10.7. The smallest absolute Gasteiger partial charge is 0.247 e. The van der Waals surface area contributed by atoms with Crippen LogP contribution in [0.25, 0.3) is 0 Å². The van der Waals surface area contributed by atoms with E-state index in [1.165, 1.54) is 0 Å². The van der Waals surface area contributed by atoms with Crippen LogP contribution in [0, 0.1) is 0 Å². The fraction of sp³-hybridized carbons (Fsp3) is 0.300. The van der Waals surface area contributed by atoms with Gasteiger partial charge in [-0.1, -0.05) is 23.7 Å². The first-order chi connectivity index (χ1) is 7.00. The minimum absolute atomic E-state index is 0.352. The minimum atomic E-state index is -1.33. The lowest BCUT2D eigenvalue weighted by Crippen LogP contribution is -2.45. The Morgan fingerprint density at radius 2 is 2.20 bits per heavy atom. The molecule has 15 heavy (non-hydrogen) atoms. The van der Waals surface area contributed by atoms with Crippen molar-refractivity contribution in [2.75, 3.05) is 0 Å². The summed E-state index contributed by atoms with van der Waals surface area (Å²) in [6.07, 6.45) is -0.978. The van der Waals surface area contributed by atoms with Gasteiger partial charge in [-0.05, 0) is 24.1 Å². The van der Waals surface area contributed by atoms with E-state index in [-0.39, 0.29) is 0 Å². The molecule has 2 atom stereocenters. The second-order valence-electron chi connectivity index (χ2n) is 3.35. The van der Waals surface area contributed by atoms with Crippen molar-refractivity contribution in [3.63, 3.8) is 0 Å². The lowest BCUT2D eigenvalue weighted by molar-refractivity contribution is -0.126. The Kier molecular flexibility index (Phi) is 4.08. The number of hydrogen-bond donors (Lipinski definition) is 3. The van der Waals surface area contributed by atoms with Crippen LogP contribution in [0.5, 0.6) is 0 Å². The third-order valence-corrected chi connectivity index (χ3v) is 2.29. The number of aliphatic hydroxyl groups is 1. The van der Waals surface area contributed by atoms with Gasteiger partial charge in [0.25, 0.3) is 0 Å². The first kappa shape index (κ1) is 12.0. The number of amides is 1. The Balaban J connectivity index is 2.66. The van der Waals surface area contributed by atoms with Gasteiger partial charge in [0, 0.05) is 11.1 Å². The molecule has 1 amide bonds. The van der Waals surface area contributed by atoms with Gasteiger partial charge in [0.15, 0.2) is 0 Å². The maximum atomic E-state index is 10.7. The second-order valence-corrected chi connectivity index (χ2v) is 3.78. The van der Waals surface area contributed by atoms with Gasteiger partial charge in [-0.25, -0.2) is 0 Å². The number of benzene rings is 1. The number of carbonyl (C=O) groups is 1. The highest BCUT2D eigenvalue weighted by Crippen LogP contribution is 2.12. The van der Waals surface area contributed by atoms with Crippen LogP contribution >= 0.6 is 11.6 Å². The van der Waals surface area contributed by atoms with Gasteiger partial charge in [0.05, 0.1) is 0 Å². The molecule has 5 N–H and O–H groups in total. The normalized spacial score (nSPS) is 14.6. The lowest BCUT2D eigenvalue weighted by atomic mass is 10.0. The van der Waals surface area contributed by atoms with E-state index in [9.17, 15) is 9.90 Å². The quantitative estimate of drug-likeness (QED) is 0.681. The highest BCUT2D eigenvalue weighted by molar-refractivity contribution is 6.30. The van der Waals surface area contributed by atoms with E-state index < -0.39 is 18.1 Å². The fourth-order valence-electron chi connectivity index (χ4n) is 1.26. The topological polar surface area (TPSA) is 89.3 Å². The summed E-state index contributed by atoms with van der Waals surface area (Å²) in [5.74, 6) is -0.815. The maximum Gasteiger partial charge on any atom is 0.247 e. The summed E-state index contributed by atoms with van der Waals surface area (Å²) in [5.41, 5.74) is 11.4. The van der Waals surface area contributed by atoms with Crippen LogP contribution in [0.4, 0.5) is 0 Å². The molecule has 1 aromatic carbocycles. The molecule has 1 aromatic rings. The van der Waals surface area contributed by atoms with Crippen LogP contribution in [0.1, 0.15) is 5.56 Å². The Morgan fingerprint density at radius 3 is 2.73 bits per heavy atom. The number of carbonyl (C=O) groups excluding carboxylic acids is 1. The molecule has 0 aliphatic carbocycles. The van der Waals surface area contributed by atoms with Gasteiger partial charge >= 0.3 is 0 Å². The molecule has 0 saturated carbocycles. The van der Waals surface area contributed by atoms with Crippen LogP contribution < -0.4 is 11.5 Å². The number of aliphatic hydroxyl groups excluding tert-OH is 1. The molecule has 0 fully saturated rings. The molecule has 0 saturated heterocycles. The van der Waals surface area contributed by atoms with E-state index in [0.717, 1.165) is 5.56 Å². The molecule has 0 aliphatic heterocycles. The zero-order chi connectivity index (χ0) is 11.4. The predicted octanol–water partition coefficient (Wildman–Crippen LogP) is 0.0560.